The second kappa shape index (κ2) is 12.7. The molecular formula is C24H37ClN6O. The zero-order valence-electron chi connectivity index (χ0n) is 18.6. The van der Waals surface area contributed by atoms with Gasteiger partial charge in [0.05, 0.1) is 16.7 Å². The minimum absolute atomic E-state index is 0. The molecule has 32 heavy (non-hydrogen) atoms. The van der Waals surface area contributed by atoms with E-state index in [4.69, 9.17) is 16.5 Å². The second-order valence-corrected chi connectivity index (χ2v) is 8.45. The molecule has 2 unspecified atom stereocenters. The molecule has 3 heterocycles. The molecule has 1 aliphatic heterocycles. The molecule has 7 nitrogen and oxygen atoms in total. The number of nitrogens with two attached hydrogens (primary N) is 2. The number of piperidine rings is 1. The number of benzene rings is 1. The third kappa shape index (κ3) is 6.19. The number of fused-ring (bicyclic) bond motifs is 1. The lowest BCUT2D eigenvalue weighted by atomic mass is 9.86. The molecule has 2 aromatic heterocycles. The number of hydrogen-bond acceptors (Lipinski definition) is 5. The predicted octanol–water partition coefficient (Wildman–Crippen LogP) is 3.80. The molecule has 1 aliphatic rings. The molecule has 1 aromatic carbocycles. The number of nitrogen functional groups attached to an aromatic ring is 1. The highest BCUT2D eigenvalue weighted by atomic mass is 35.5. The van der Waals surface area contributed by atoms with Gasteiger partial charge in [0.2, 0.25) is 5.95 Å². The summed E-state index contributed by atoms with van der Waals surface area (Å²) >= 11 is 0. The van der Waals surface area contributed by atoms with Crippen molar-refractivity contribution in [1.82, 2.24) is 20.3 Å². The number of nitrogens with zero attached hydrogens (tertiary/aromatic N) is 2. The first-order chi connectivity index (χ1) is 14.8. The predicted molar refractivity (Wildman–Crippen MR) is 134 cm³/mol. The SMILES string of the molecule is Cl.NCCCCCCCc1c[nH]c2c(C3CCNC(c4ccccc4)C3)nc(N)nc12.O. The highest BCUT2D eigenvalue weighted by Crippen LogP contribution is 2.36. The number of anilines is 1. The van der Waals surface area contributed by atoms with Crippen molar-refractivity contribution in [2.75, 3.05) is 18.8 Å². The number of hydrogen-bond donors (Lipinski definition) is 4. The molecule has 0 spiro atoms. The Morgan fingerprint density at radius 3 is 2.53 bits per heavy atom. The van der Waals surface area contributed by atoms with Gasteiger partial charge in [-0.2, -0.15) is 0 Å². The lowest BCUT2D eigenvalue weighted by molar-refractivity contribution is 0.366. The van der Waals surface area contributed by atoms with Crippen molar-refractivity contribution in [1.29, 1.82) is 0 Å². The molecule has 0 aliphatic carbocycles. The summed E-state index contributed by atoms with van der Waals surface area (Å²) in [5.41, 5.74) is 17.5. The maximum absolute atomic E-state index is 6.15. The Kier molecular flexibility index (Phi) is 10.4. The van der Waals surface area contributed by atoms with E-state index >= 15 is 0 Å². The largest absolute Gasteiger partial charge is 0.412 e. The van der Waals surface area contributed by atoms with Gasteiger partial charge in [0.1, 0.15) is 0 Å². The summed E-state index contributed by atoms with van der Waals surface area (Å²) in [5, 5.41) is 3.66. The zero-order chi connectivity index (χ0) is 20.8. The van der Waals surface area contributed by atoms with Crippen LogP contribution < -0.4 is 16.8 Å². The van der Waals surface area contributed by atoms with E-state index in [1.54, 1.807) is 0 Å². The van der Waals surface area contributed by atoms with E-state index in [1.165, 1.54) is 36.8 Å². The van der Waals surface area contributed by atoms with Gasteiger partial charge in [-0.1, -0.05) is 49.6 Å². The van der Waals surface area contributed by atoms with Crippen LogP contribution in [0.4, 0.5) is 5.95 Å². The third-order valence-corrected chi connectivity index (χ3v) is 6.29. The Hall–Kier alpha value is -2.19. The topological polar surface area (TPSA) is 137 Å². The number of rotatable bonds is 9. The van der Waals surface area contributed by atoms with Crippen molar-refractivity contribution < 1.29 is 5.48 Å². The summed E-state index contributed by atoms with van der Waals surface area (Å²) in [7, 11) is 0. The van der Waals surface area contributed by atoms with Crippen LogP contribution >= 0.6 is 12.4 Å². The monoisotopic (exact) mass is 460 g/mol. The van der Waals surface area contributed by atoms with Crippen LogP contribution in [0.3, 0.4) is 0 Å². The van der Waals surface area contributed by atoms with Crippen LogP contribution in [0, 0.1) is 0 Å². The molecule has 0 radical (unpaired) electrons. The van der Waals surface area contributed by atoms with E-state index in [1.807, 2.05) is 0 Å². The lowest BCUT2D eigenvalue weighted by Crippen LogP contribution is -2.31. The van der Waals surface area contributed by atoms with Crippen molar-refractivity contribution in [2.24, 2.45) is 5.73 Å². The number of unbranched alkanes of at least 4 members (excludes halogenated alkanes) is 4. The number of aromatic amines is 1. The van der Waals surface area contributed by atoms with Gasteiger partial charge >= 0.3 is 0 Å². The van der Waals surface area contributed by atoms with E-state index < -0.39 is 0 Å². The Morgan fingerprint density at radius 2 is 1.75 bits per heavy atom. The van der Waals surface area contributed by atoms with Crippen LogP contribution in [0.15, 0.2) is 36.5 Å². The van der Waals surface area contributed by atoms with Gasteiger partial charge in [0.15, 0.2) is 0 Å². The lowest BCUT2D eigenvalue weighted by Gasteiger charge is -2.30. The fraction of sp³-hybridized carbons (Fsp3) is 0.500. The van der Waals surface area contributed by atoms with Crippen LogP contribution in [0.25, 0.3) is 11.0 Å². The maximum atomic E-state index is 6.15. The first-order valence-electron chi connectivity index (χ1n) is 11.4. The smallest absolute Gasteiger partial charge is 0.220 e. The Bertz CT molecular complexity index is 948. The van der Waals surface area contributed by atoms with Crippen LogP contribution in [0.5, 0.6) is 0 Å². The summed E-state index contributed by atoms with van der Waals surface area (Å²) < 4.78 is 0. The van der Waals surface area contributed by atoms with E-state index in [2.05, 4.69) is 51.8 Å². The van der Waals surface area contributed by atoms with E-state index in [9.17, 15) is 0 Å². The fourth-order valence-electron chi connectivity index (χ4n) is 4.68. The standard InChI is InChI=1S/C24H34N6.ClH.H2O/c25-13-8-3-1-2-5-11-19-16-28-23-21(29-24(26)30-22(19)23)18-12-14-27-20(15-18)17-9-6-4-7-10-17;;/h4,6-7,9-10,16,18,20,27-28H,1-3,5,8,11-15,25H2,(H2,26,29,30);1H;1H2. The highest BCUT2D eigenvalue weighted by Gasteiger charge is 2.27. The first kappa shape index (κ1) is 26.1. The highest BCUT2D eigenvalue weighted by molar-refractivity contribution is 5.85. The Labute approximate surface area is 196 Å². The van der Waals surface area contributed by atoms with Crippen molar-refractivity contribution in [2.45, 2.75) is 63.3 Å². The van der Waals surface area contributed by atoms with Crippen LogP contribution in [-0.2, 0) is 6.42 Å². The normalized spacial score (nSPS) is 18.2. The molecular weight excluding hydrogens is 424 g/mol. The summed E-state index contributed by atoms with van der Waals surface area (Å²) in [4.78, 5) is 12.8. The van der Waals surface area contributed by atoms with Crippen molar-refractivity contribution >= 4 is 29.4 Å². The van der Waals surface area contributed by atoms with Gasteiger partial charge in [0.25, 0.3) is 0 Å². The zero-order valence-corrected chi connectivity index (χ0v) is 19.5. The number of H-pyrrole nitrogens is 1. The van der Waals surface area contributed by atoms with Gasteiger partial charge < -0.3 is 27.2 Å². The third-order valence-electron chi connectivity index (χ3n) is 6.29. The number of aryl methyl sites for hydroxylation is 1. The molecule has 2 atom stereocenters. The fourth-order valence-corrected chi connectivity index (χ4v) is 4.68. The molecule has 8 N–H and O–H groups in total. The minimum Gasteiger partial charge on any atom is -0.412 e. The molecule has 1 fully saturated rings. The summed E-state index contributed by atoms with van der Waals surface area (Å²) in [6.45, 7) is 1.77. The number of nitrogens with one attached hydrogen (secondary N) is 2. The molecule has 3 aromatic rings. The van der Waals surface area contributed by atoms with Crippen LogP contribution in [0.1, 0.15) is 73.7 Å². The summed E-state index contributed by atoms with van der Waals surface area (Å²) in [6, 6.07) is 11.0. The summed E-state index contributed by atoms with van der Waals surface area (Å²) in [5.74, 6) is 0.753. The van der Waals surface area contributed by atoms with Gasteiger partial charge in [-0.25, -0.2) is 9.97 Å². The second-order valence-electron chi connectivity index (χ2n) is 8.45. The first-order valence-corrected chi connectivity index (χ1v) is 11.4. The van der Waals surface area contributed by atoms with Crippen LogP contribution in [-0.4, -0.2) is 33.5 Å². The summed E-state index contributed by atoms with van der Waals surface area (Å²) in [6.07, 6.45) is 11.2. The van der Waals surface area contributed by atoms with Crippen LogP contribution in [0.2, 0.25) is 0 Å². The molecule has 0 saturated carbocycles. The van der Waals surface area contributed by atoms with Crippen molar-refractivity contribution in [3.63, 3.8) is 0 Å². The molecule has 8 heteroatoms. The van der Waals surface area contributed by atoms with Gasteiger partial charge in [-0.3, -0.25) is 0 Å². The molecule has 4 rings (SSSR count). The Balaban J connectivity index is 0.00000181. The average Bonchev–Trinajstić information content (AvgIpc) is 3.19. The molecule has 176 valence electrons. The number of halogens is 1. The van der Waals surface area contributed by atoms with E-state index in [0.717, 1.165) is 55.5 Å². The van der Waals surface area contributed by atoms with Crippen molar-refractivity contribution in [3.8, 4) is 0 Å². The van der Waals surface area contributed by atoms with Gasteiger partial charge in [0, 0.05) is 18.2 Å². The van der Waals surface area contributed by atoms with E-state index in [-0.39, 0.29) is 17.9 Å². The molecule has 0 bridgehead atoms. The number of aromatic nitrogens is 3. The average molecular weight is 461 g/mol. The van der Waals surface area contributed by atoms with Gasteiger partial charge in [-0.05, 0) is 56.3 Å². The molecule has 0 amide bonds. The maximum Gasteiger partial charge on any atom is 0.220 e. The van der Waals surface area contributed by atoms with Crippen molar-refractivity contribution in [3.05, 3.63) is 53.3 Å². The Morgan fingerprint density at radius 1 is 1.00 bits per heavy atom. The molecule has 1 saturated heterocycles. The van der Waals surface area contributed by atoms with E-state index in [0.29, 0.717) is 17.9 Å². The quantitative estimate of drug-likeness (QED) is 0.360. The minimum atomic E-state index is 0. The van der Waals surface area contributed by atoms with Gasteiger partial charge in [-0.15, -0.1) is 12.4 Å².